The molecule has 1 aromatic carbocycles. The molecule has 1 aromatic heterocycles. The summed E-state index contributed by atoms with van der Waals surface area (Å²) in [5.74, 6) is -1.48. The quantitative estimate of drug-likeness (QED) is 0.790. The molecule has 0 bridgehead atoms. The molecule has 0 saturated heterocycles. The van der Waals surface area contributed by atoms with Gasteiger partial charge in [0.2, 0.25) is 0 Å². The highest BCUT2D eigenvalue weighted by Crippen LogP contribution is 2.19. The number of hydrogen-bond acceptors (Lipinski definition) is 4. The number of carbonyl (C=O) groups is 2. The van der Waals surface area contributed by atoms with Gasteiger partial charge in [-0.3, -0.25) is 19.2 Å². The number of aromatic nitrogens is 2. The Bertz CT molecular complexity index is 658. The van der Waals surface area contributed by atoms with Crippen LogP contribution in [0.5, 0.6) is 0 Å². The third-order valence-corrected chi connectivity index (χ3v) is 3.18. The Balaban J connectivity index is 2.31. The number of amides is 1. The van der Waals surface area contributed by atoms with E-state index in [1.165, 1.54) is 34.9 Å². The van der Waals surface area contributed by atoms with Crippen molar-refractivity contribution in [3.8, 4) is 0 Å². The first kappa shape index (κ1) is 15.7. The Morgan fingerprint density at radius 3 is 2.77 bits per heavy atom. The Kier molecular flexibility index (Phi) is 4.88. The zero-order valence-corrected chi connectivity index (χ0v) is 12.3. The van der Waals surface area contributed by atoms with E-state index in [-0.39, 0.29) is 18.1 Å². The van der Waals surface area contributed by atoms with E-state index in [9.17, 15) is 14.0 Å². The number of halogens is 1. The summed E-state index contributed by atoms with van der Waals surface area (Å²) >= 11 is 0. The van der Waals surface area contributed by atoms with Crippen molar-refractivity contribution < 1.29 is 18.7 Å². The van der Waals surface area contributed by atoms with Crippen LogP contribution in [0.1, 0.15) is 13.0 Å². The molecule has 7 heteroatoms. The van der Waals surface area contributed by atoms with Crippen molar-refractivity contribution in [1.29, 1.82) is 0 Å². The first-order valence-corrected chi connectivity index (χ1v) is 6.66. The molecule has 116 valence electrons. The van der Waals surface area contributed by atoms with Gasteiger partial charge < -0.3 is 4.74 Å². The molecule has 2 aromatic rings. The number of esters is 1. The Labute approximate surface area is 127 Å². The summed E-state index contributed by atoms with van der Waals surface area (Å²) in [7, 11) is 1.23. The number of hydrogen-bond donors (Lipinski definition) is 0. The molecule has 1 atom stereocenters. The minimum absolute atomic E-state index is 0.286. The number of benzene rings is 1. The second kappa shape index (κ2) is 6.84. The summed E-state index contributed by atoms with van der Waals surface area (Å²) in [6.45, 7) is 1.35. The van der Waals surface area contributed by atoms with Gasteiger partial charge >= 0.3 is 5.97 Å². The summed E-state index contributed by atoms with van der Waals surface area (Å²) in [4.78, 5) is 25.4. The van der Waals surface area contributed by atoms with Gasteiger partial charge in [-0.2, -0.15) is 5.10 Å². The Hall–Kier alpha value is -2.70. The molecule has 2 rings (SSSR count). The summed E-state index contributed by atoms with van der Waals surface area (Å²) in [5, 5.41) is 4.01. The Morgan fingerprint density at radius 1 is 1.41 bits per heavy atom. The maximum absolute atomic E-state index is 13.4. The van der Waals surface area contributed by atoms with Crippen LogP contribution in [-0.4, -0.2) is 35.3 Å². The van der Waals surface area contributed by atoms with Gasteiger partial charge in [0, 0.05) is 18.1 Å². The highest BCUT2D eigenvalue weighted by Gasteiger charge is 2.26. The van der Waals surface area contributed by atoms with E-state index in [4.69, 9.17) is 0 Å². The molecule has 6 nitrogen and oxygen atoms in total. The minimum atomic E-state index is -0.636. The van der Waals surface area contributed by atoms with Crippen molar-refractivity contribution in [3.05, 3.63) is 48.5 Å². The molecule has 0 aliphatic heterocycles. The van der Waals surface area contributed by atoms with Crippen molar-refractivity contribution >= 4 is 17.6 Å². The summed E-state index contributed by atoms with van der Waals surface area (Å²) < 4.78 is 19.5. The molecule has 0 radical (unpaired) electrons. The van der Waals surface area contributed by atoms with Crippen molar-refractivity contribution in [3.63, 3.8) is 0 Å². The lowest BCUT2D eigenvalue weighted by Gasteiger charge is -2.25. The molecule has 1 amide bonds. The monoisotopic (exact) mass is 305 g/mol. The number of nitrogens with zero attached hydrogens (tertiary/aromatic N) is 3. The fourth-order valence-electron chi connectivity index (χ4n) is 1.98. The number of rotatable bonds is 5. The summed E-state index contributed by atoms with van der Waals surface area (Å²) in [6, 6.07) is 6.54. The lowest BCUT2D eigenvalue weighted by molar-refractivity contribution is -0.140. The van der Waals surface area contributed by atoms with Crippen molar-refractivity contribution in [1.82, 2.24) is 9.78 Å². The normalized spacial score (nSPS) is 11.8. The van der Waals surface area contributed by atoms with E-state index in [1.807, 2.05) is 0 Å². The molecule has 0 aliphatic rings. The van der Waals surface area contributed by atoms with Gasteiger partial charge in [0.25, 0.3) is 5.91 Å². The molecular formula is C15H16FN3O3. The third-order valence-electron chi connectivity index (χ3n) is 3.18. The molecule has 0 N–H and O–H groups in total. The third kappa shape index (κ3) is 3.49. The van der Waals surface area contributed by atoms with Gasteiger partial charge in [0.1, 0.15) is 18.4 Å². The first-order chi connectivity index (χ1) is 10.5. The van der Waals surface area contributed by atoms with E-state index < -0.39 is 17.8 Å². The second-order valence-electron chi connectivity index (χ2n) is 4.64. The molecule has 0 aliphatic carbocycles. The average molecular weight is 305 g/mol. The van der Waals surface area contributed by atoms with Crippen molar-refractivity contribution in [2.24, 2.45) is 0 Å². The van der Waals surface area contributed by atoms with E-state index in [1.54, 1.807) is 31.5 Å². The Morgan fingerprint density at radius 2 is 2.18 bits per heavy atom. The van der Waals surface area contributed by atoms with Crippen LogP contribution in [0.25, 0.3) is 0 Å². The fourth-order valence-corrected chi connectivity index (χ4v) is 1.98. The second-order valence-corrected chi connectivity index (χ2v) is 4.64. The van der Waals surface area contributed by atoms with Crippen molar-refractivity contribution in [2.45, 2.75) is 13.0 Å². The van der Waals surface area contributed by atoms with Gasteiger partial charge in [-0.05, 0) is 31.2 Å². The SMILES string of the molecule is COC(=O)CN(C(=O)C(C)n1cccn1)c1cccc(F)c1. The maximum atomic E-state index is 13.4. The predicted octanol–water partition coefficient (Wildman–Crippen LogP) is 1.79. The van der Waals surface area contributed by atoms with Crippen LogP contribution in [0.2, 0.25) is 0 Å². The zero-order chi connectivity index (χ0) is 16.1. The number of methoxy groups -OCH3 is 1. The number of carbonyl (C=O) groups excluding carboxylic acids is 2. The van der Waals surface area contributed by atoms with Crippen LogP contribution in [0, 0.1) is 5.82 Å². The van der Waals surface area contributed by atoms with Gasteiger partial charge in [-0.25, -0.2) is 4.39 Å². The largest absolute Gasteiger partial charge is 0.468 e. The molecule has 1 heterocycles. The topological polar surface area (TPSA) is 64.4 Å². The first-order valence-electron chi connectivity index (χ1n) is 6.66. The highest BCUT2D eigenvalue weighted by atomic mass is 19.1. The molecule has 0 fully saturated rings. The molecular weight excluding hydrogens is 289 g/mol. The molecule has 1 unspecified atom stereocenters. The smallest absolute Gasteiger partial charge is 0.325 e. The maximum Gasteiger partial charge on any atom is 0.325 e. The fraction of sp³-hybridized carbons (Fsp3) is 0.267. The van der Waals surface area contributed by atoms with Gasteiger partial charge in [-0.15, -0.1) is 0 Å². The van der Waals surface area contributed by atoms with Gasteiger partial charge in [-0.1, -0.05) is 6.07 Å². The molecule has 0 spiro atoms. The number of anilines is 1. The highest BCUT2D eigenvalue weighted by molar-refractivity contribution is 5.99. The molecule has 0 saturated carbocycles. The van der Waals surface area contributed by atoms with Crippen molar-refractivity contribution in [2.75, 3.05) is 18.6 Å². The number of ether oxygens (including phenoxy) is 1. The van der Waals surface area contributed by atoms with Crippen LogP contribution in [0.4, 0.5) is 10.1 Å². The van der Waals surface area contributed by atoms with E-state index in [0.717, 1.165) is 0 Å². The molecule has 22 heavy (non-hydrogen) atoms. The average Bonchev–Trinajstić information content (AvgIpc) is 3.05. The van der Waals surface area contributed by atoms with Crippen LogP contribution >= 0.6 is 0 Å². The van der Waals surface area contributed by atoms with E-state index in [0.29, 0.717) is 0 Å². The van der Waals surface area contributed by atoms with E-state index in [2.05, 4.69) is 9.84 Å². The van der Waals surface area contributed by atoms with Crippen LogP contribution in [0.3, 0.4) is 0 Å². The summed E-state index contributed by atoms with van der Waals surface area (Å²) in [5.41, 5.74) is 0.286. The van der Waals surface area contributed by atoms with Gasteiger partial charge in [0.05, 0.1) is 7.11 Å². The zero-order valence-electron chi connectivity index (χ0n) is 12.3. The standard InChI is InChI=1S/C15H16FN3O3/c1-11(19-8-4-7-17-19)15(21)18(10-14(20)22-2)13-6-3-5-12(16)9-13/h3-9,11H,10H2,1-2H3. The van der Waals surface area contributed by atoms with Gasteiger partial charge in [0.15, 0.2) is 0 Å². The summed E-state index contributed by atoms with van der Waals surface area (Å²) in [6.07, 6.45) is 3.20. The van der Waals surface area contributed by atoms with Crippen LogP contribution in [-0.2, 0) is 14.3 Å². The van der Waals surface area contributed by atoms with Crippen LogP contribution < -0.4 is 4.90 Å². The van der Waals surface area contributed by atoms with Crippen LogP contribution in [0.15, 0.2) is 42.7 Å². The van der Waals surface area contributed by atoms with E-state index >= 15 is 0 Å². The lowest BCUT2D eigenvalue weighted by Crippen LogP contribution is -2.40. The lowest BCUT2D eigenvalue weighted by atomic mass is 10.2. The predicted molar refractivity (Wildman–Crippen MR) is 77.7 cm³/mol. The minimum Gasteiger partial charge on any atom is -0.468 e.